The highest BCUT2D eigenvalue weighted by Gasteiger charge is 2.11. The first-order valence-corrected chi connectivity index (χ1v) is 8.43. The Kier molecular flexibility index (Phi) is 2.52. The Bertz CT molecular complexity index is 1180. The van der Waals surface area contributed by atoms with Gasteiger partial charge in [0.05, 0.1) is 0 Å². The van der Waals surface area contributed by atoms with Gasteiger partial charge in [0.15, 0.2) is 0 Å². The van der Waals surface area contributed by atoms with Gasteiger partial charge in [-0.15, -0.1) is 11.3 Å². The Labute approximate surface area is 136 Å². The zero-order valence-electron chi connectivity index (χ0n) is 11.6. The van der Waals surface area contributed by atoms with Crippen LogP contribution in [0.4, 0.5) is 0 Å². The first kappa shape index (κ1) is 12.5. The van der Waals surface area contributed by atoms with Crippen LogP contribution in [0.2, 0.25) is 5.02 Å². The van der Waals surface area contributed by atoms with Crippen LogP contribution in [0.25, 0.3) is 41.7 Å². The molecule has 0 saturated heterocycles. The first-order valence-electron chi connectivity index (χ1n) is 7.24. The summed E-state index contributed by atoms with van der Waals surface area (Å²) in [6.07, 6.45) is 0. The van der Waals surface area contributed by atoms with Gasteiger partial charge in [-0.25, -0.2) is 0 Å². The van der Waals surface area contributed by atoms with Crippen LogP contribution in [-0.4, -0.2) is 0 Å². The second-order valence-electron chi connectivity index (χ2n) is 5.54. The maximum Gasteiger partial charge on any atom is 0.0484 e. The SMILES string of the molecule is Clc1cccc2c1ccc1ccc3c4ccccc4sc3c12. The lowest BCUT2D eigenvalue weighted by Crippen LogP contribution is -1.79. The molecule has 2 heteroatoms. The van der Waals surface area contributed by atoms with E-state index in [9.17, 15) is 0 Å². The summed E-state index contributed by atoms with van der Waals surface area (Å²) in [6, 6.07) is 23.6. The van der Waals surface area contributed by atoms with Crippen LogP contribution in [0, 0.1) is 0 Å². The van der Waals surface area contributed by atoms with E-state index in [4.69, 9.17) is 11.6 Å². The fourth-order valence-electron chi connectivity index (χ4n) is 3.32. The van der Waals surface area contributed by atoms with Gasteiger partial charge in [-0.2, -0.15) is 0 Å². The normalized spacial score (nSPS) is 11.9. The molecule has 0 unspecified atom stereocenters. The minimum absolute atomic E-state index is 0.817. The molecule has 0 spiro atoms. The molecule has 0 aliphatic carbocycles. The van der Waals surface area contributed by atoms with Crippen molar-refractivity contribution in [3.63, 3.8) is 0 Å². The van der Waals surface area contributed by atoms with Crippen LogP contribution in [0.3, 0.4) is 0 Å². The molecule has 0 aliphatic rings. The Morgan fingerprint density at radius 2 is 1.41 bits per heavy atom. The second-order valence-corrected chi connectivity index (χ2v) is 7.00. The molecule has 0 amide bonds. The van der Waals surface area contributed by atoms with Crippen LogP contribution >= 0.6 is 22.9 Å². The van der Waals surface area contributed by atoms with Crippen LogP contribution in [0.5, 0.6) is 0 Å². The number of rotatable bonds is 0. The lowest BCUT2D eigenvalue weighted by molar-refractivity contribution is 1.80. The molecule has 0 N–H and O–H groups in total. The van der Waals surface area contributed by atoms with Crippen molar-refractivity contribution in [3.8, 4) is 0 Å². The van der Waals surface area contributed by atoms with Gasteiger partial charge in [-0.3, -0.25) is 0 Å². The average Bonchev–Trinajstić information content (AvgIpc) is 2.93. The minimum Gasteiger partial charge on any atom is -0.135 e. The molecule has 0 atom stereocenters. The van der Waals surface area contributed by atoms with E-state index < -0.39 is 0 Å². The minimum atomic E-state index is 0.817. The molecule has 1 aromatic heterocycles. The molecular weight excluding hydrogens is 308 g/mol. The number of fused-ring (bicyclic) bond motifs is 7. The quantitative estimate of drug-likeness (QED) is 0.269. The first-order chi connectivity index (χ1) is 10.8. The summed E-state index contributed by atoms with van der Waals surface area (Å²) in [5.74, 6) is 0. The molecule has 1 heterocycles. The zero-order valence-corrected chi connectivity index (χ0v) is 13.2. The zero-order chi connectivity index (χ0) is 14.7. The fraction of sp³-hybridized carbons (Fsp3) is 0. The van der Waals surface area contributed by atoms with Crippen molar-refractivity contribution >= 4 is 64.7 Å². The standard InChI is InChI=1S/C20H11ClS/c21-17-6-3-5-15-13(17)10-8-12-9-11-16-14-4-1-2-7-18(14)22-20(16)19(12)15/h1-11H. The molecule has 0 nitrogen and oxygen atoms in total. The molecule has 4 aromatic carbocycles. The second kappa shape index (κ2) is 4.45. The Morgan fingerprint density at radius 3 is 2.32 bits per heavy atom. The van der Waals surface area contributed by atoms with Crippen molar-refractivity contribution < 1.29 is 0 Å². The summed E-state index contributed by atoms with van der Waals surface area (Å²) in [7, 11) is 0. The van der Waals surface area contributed by atoms with E-state index in [1.165, 1.54) is 36.3 Å². The number of thiophene rings is 1. The third kappa shape index (κ3) is 1.58. The third-order valence-electron chi connectivity index (χ3n) is 4.33. The fourth-order valence-corrected chi connectivity index (χ4v) is 4.83. The molecule has 0 bridgehead atoms. The van der Waals surface area contributed by atoms with Crippen molar-refractivity contribution in [2.24, 2.45) is 0 Å². The van der Waals surface area contributed by atoms with Gasteiger partial charge in [0, 0.05) is 36.0 Å². The molecule has 0 fully saturated rings. The van der Waals surface area contributed by atoms with E-state index in [2.05, 4.69) is 54.6 Å². The van der Waals surface area contributed by atoms with Crippen LogP contribution in [-0.2, 0) is 0 Å². The Morgan fingerprint density at radius 1 is 0.636 bits per heavy atom. The topological polar surface area (TPSA) is 0 Å². The molecule has 0 radical (unpaired) electrons. The molecular formula is C20H11ClS. The highest BCUT2D eigenvalue weighted by atomic mass is 35.5. The van der Waals surface area contributed by atoms with Gasteiger partial charge < -0.3 is 0 Å². The Balaban J connectivity index is 2.13. The van der Waals surface area contributed by atoms with E-state index in [-0.39, 0.29) is 0 Å². The number of hydrogen-bond donors (Lipinski definition) is 0. The van der Waals surface area contributed by atoms with Gasteiger partial charge in [-0.05, 0) is 22.9 Å². The van der Waals surface area contributed by atoms with Crippen LogP contribution in [0.1, 0.15) is 0 Å². The number of benzene rings is 4. The molecule has 104 valence electrons. The van der Waals surface area contributed by atoms with Gasteiger partial charge in [0.25, 0.3) is 0 Å². The lowest BCUT2D eigenvalue weighted by Gasteiger charge is -2.06. The largest absolute Gasteiger partial charge is 0.135 e. The summed E-state index contributed by atoms with van der Waals surface area (Å²) in [6.45, 7) is 0. The molecule has 5 rings (SSSR count). The molecule has 22 heavy (non-hydrogen) atoms. The maximum atomic E-state index is 6.39. The van der Waals surface area contributed by atoms with Crippen molar-refractivity contribution in [2.75, 3.05) is 0 Å². The summed E-state index contributed by atoms with van der Waals surface area (Å²) in [5.41, 5.74) is 0. The summed E-state index contributed by atoms with van der Waals surface area (Å²) < 4.78 is 2.69. The lowest BCUT2D eigenvalue weighted by atomic mass is 10.00. The van der Waals surface area contributed by atoms with E-state index >= 15 is 0 Å². The summed E-state index contributed by atoms with van der Waals surface area (Å²) in [4.78, 5) is 0. The third-order valence-corrected chi connectivity index (χ3v) is 5.86. The Hall–Kier alpha value is -2.09. The van der Waals surface area contributed by atoms with Crippen LogP contribution in [0.15, 0.2) is 66.7 Å². The van der Waals surface area contributed by atoms with E-state index in [0.29, 0.717) is 0 Å². The van der Waals surface area contributed by atoms with Gasteiger partial charge >= 0.3 is 0 Å². The van der Waals surface area contributed by atoms with Gasteiger partial charge in [0.2, 0.25) is 0 Å². The smallest absolute Gasteiger partial charge is 0.0484 e. The van der Waals surface area contributed by atoms with Crippen molar-refractivity contribution in [1.82, 2.24) is 0 Å². The highest BCUT2D eigenvalue weighted by molar-refractivity contribution is 7.26. The van der Waals surface area contributed by atoms with Crippen molar-refractivity contribution in [1.29, 1.82) is 0 Å². The molecule has 0 saturated carbocycles. The highest BCUT2D eigenvalue weighted by Crippen LogP contribution is 2.41. The predicted molar refractivity (Wildman–Crippen MR) is 99.4 cm³/mol. The number of hydrogen-bond acceptors (Lipinski definition) is 1. The predicted octanol–water partition coefficient (Wildman–Crippen LogP) is 7.01. The van der Waals surface area contributed by atoms with E-state index in [1.807, 2.05) is 23.5 Å². The van der Waals surface area contributed by atoms with Crippen molar-refractivity contribution in [3.05, 3.63) is 71.8 Å². The van der Waals surface area contributed by atoms with E-state index in [0.717, 1.165) is 10.4 Å². The molecule has 5 aromatic rings. The number of halogens is 1. The van der Waals surface area contributed by atoms with Crippen LogP contribution < -0.4 is 0 Å². The maximum absolute atomic E-state index is 6.39. The molecule has 0 aliphatic heterocycles. The van der Waals surface area contributed by atoms with Crippen molar-refractivity contribution in [2.45, 2.75) is 0 Å². The summed E-state index contributed by atoms with van der Waals surface area (Å²) in [5, 5.41) is 8.44. The van der Waals surface area contributed by atoms with Gasteiger partial charge in [0.1, 0.15) is 0 Å². The summed E-state index contributed by atoms with van der Waals surface area (Å²) >= 11 is 8.26. The average molecular weight is 319 g/mol. The van der Waals surface area contributed by atoms with Gasteiger partial charge in [-0.1, -0.05) is 66.2 Å². The van der Waals surface area contributed by atoms with E-state index in [1.54, 1.807) is 0 Å². The monoisotopic (exact) mass is 318 g/mol.